The van der Waals surface area contributed by atoms with E-state index in [9.17, 15) is 18.8 Å². The molecule has 166 valence electrons. The van der Waals surface area contributed by atoms with Gasteiger partial charge < -0.3 is 24.7 Å². The molecule has 0 fully saturated rings. The molecular formula is C20H22ClFN4O5. The SMILES string of the molecule is COC(=O)CC[C@@H](NC(=O)N1CCc2[nH]cnc2C1c1ccc(F)c(Cl)c1)C(=O)OC. The summed E-state index contributed by atoms with van der Waals surface area (Å²) < 4.78 is 23.0. The highest BCUT2D eigenvalue weighted by molar-refractivity contribution is 6.30. The van der Waals surface area contributed by atoms with Gasteiger partial charge in [-0.1, -0.05) is 17.7 Å². The van der Waals surface area contributed by atoms with Crippen LogP contribution in [0.15, 0.2) is 24.5 Å². The largest absolute Gasteiger partial charge is 0.469 e. The molecule has 1 aromatic carbocycles. The van der Waals surface area contributed by atoms with Gasteiger partial charge in [0, 0.05) is 25.1 Å². The molecule has 2 aromatic rings. The van der Waals surface area contributed by atoms with Crippen molar-refractivity contribution in [3.63, 3.8) is 0 Å². The second-order valence-corrected chi connectivity index (χ2v) is 7.33. The van der Waals surface area contributed by atoms with E-state index in [0.29, 0.717) is 24.2 Å². The maximum atomic E-state index is 13.7. The van der Waals surface area contributed by atoms with Gasteiger partial charge in [-0.05, 0) is 24.1 Å². The number of benzene rings is 1. The predicted octanol–water partition coefficient (Wildman–Crippen LogP) is 2.35. The van der Waals surface area contributed by atoms with Gasteiger partial charge in [0.15, 0.2) is 0 Å². The van der Waals surface area contributed by atoms with Crippen LogP contribution in [-0.4, -0.2) is 59.6 Å². The van der Waals surface area contributed by atoms with Crippen molar-refractivity contribution in [2.24, 2.45) is 0 Å². The number of ether oxygens (including phenoxy) is 2. The maximum absolute atomic E-state index is 13.7. The Morgan fingerprint density at radius 2 is 2.13 bits per heavy atom. The first kappa shape index (κ1) is 22.5. The molecule has 0 saturated heterocycles. The summed E-state index contributed by atoms with van der Waals surface area (Å²) in [5.74, 6) is -1.77. The lowest BCUT2D eigenvalue weighted by molar-refractivity contribution is -0.144. The maximum Gasteiger partial charge on any atom is 0.328 e. The molecule has 2 N–H and O–H groups in total. The molecule has 0 bridgehead atoms. The van der Waals surface area contributed by atoms with E-state index < -0.39 is 35.9 Å². The van der Waals surface area contributed by atoms with Gasteiger partial charge in [0.05, 0.1) is 31.3 Å². The van der Waals surface area contributed by atoms with Crippen molar-refractivity contribution in [1.82, 2.24) is 20.2 Å². The number of carbonyl (C=O) groups excluding carboxylic acids is 3. The Labute approximate surface area is 182 Å². The van der Waals surface area contributed by atoms with E-state index in [1.807, 2.05) is 0 Å². The van der Waals surface area contributed by atoms with Crippen molar-refractivity contribution in [3.05, 3.63) is 52.3 Å². The number of methoxy groups -OCH3 is 2. The van der Waals surface area contributed by atoms with E-state index in [0.717, 1.165) is 5.69 Å². The van der Waals surface area contributed by atoms with Crippen molar-refractivity contribution in [2.45, 2.75) is 31.3 Å². The fourth-order valence-electron chi connectivity index (χ4n) is 3.50. The number of rotatable bonds is 6. The summed E-state index contributed by atoms with van der Waals surface area (Å²) in [4.78, 5) is 45.6. The molecule has 11 heteroatoms. The number of halogens is 2. The van der Waals surface area contributed by atoms with Crippen LogP contribution in [0.1, 0.15) is 35.8 Å². The number of aromatic nitrogens is 2. The average Bonchev–Trinajstić information content (AvgIpc) is 3.25. The van der Waals surface area contributed by atoms with Gasteiger partial charge in [0.2, 0.25) is 0 Å². The summed E-state index contributed by atoms with van der Waals surface area (Å²) in [5, 5.41) is 2.55. The highest BCUT2D eigenvalue weighted by Gasteiger charge is 2.36. The van der Waals surface area contributed by atoms with Gasteiger partial charge in [-0.25, -0.2) is 19.0 Å². The zero-order chi connectivity index (χ0) is 22.5. The van der Waals surface area contributed by atoms with Gasteiger partial charge in [-0.3, -0.25) is 4.79 Å². The van der Waals surface area contributed by atoms with E-state index in [1.54, 1.807) is 0 Å². The van der Waals surface area contributed by atoms with E-state index in [1.165, 1.54) is 43.6 Å². The molecular weight excluding hydrogens is 431 g/mol. The number of fused-ring (bicyclic) bond motifs is 1. The fraction of sp³-hybridized carbons (Fsp3) is 0.400. The number of esters is 2. The smallest absolute Gasteiger partial charge is 0.328 e. The lowest BCUT2D eigenvalue weighted by Crippen LogP contribution is -2.51. The van der Waals surface area contributed by atoms with Gasteiger partial charge in [-0.2, -0.15) is 0 Å². The summed E-state index contributed by atoms with van der Waals surface area (Å²) in [6, 6.07) is 1.95. The highest BCUT2D eigenvalue weighted by Crippen LogP contribution is 2.35. The van der Waals surface area contributed by atoms with E-state index >= 15 is 0 Å². The number of H-pyrrole nitrogens is 1. The molecule has 1 aliphatic rings. The predicted molar refractivity (Wildman–Crippen MR) is 108 cm³/mol. The van der Waals surface area contributed by atoms with Crippen LogP contribution < -0.4 is 5.32 Å². The Balaban J connectivity index is 1.87. The molecule has 2 atom stereocenters. The third-order valence-corrected chi connectivity index (χ3v) is 5.38. The van der Waals surface area contributed by atoms with Crippen LogP contribution >= 0.6 is 11.6 Å². The fourth-order valence-corrected chi connectivity index (χ4v) is 3.69. The summed E-state index contributed by atoms with van der Waals surface area (Å²) >= 11 is 5.96. The highest BCUT2D eigenvalue weighted by atomic mass is 35.5. The van der Waals surface area contributed by atoms with Crippen molar-refractivity contribution in [3.8, 4) is 0 Å². The third-order valence-electron chi connectivity index (χ3n) is 5.09. The molecule has 0 spiro atoms. The van der Waals surface area contributed by atoms with E-state index in [-0.39, 0.29) is 17.9 Å². The summed E-state index contributed by atoms with van der Waals surface area (Å²) in [5.41, 5.74) is 2.02. The molecule has 0 aliphatic carbocycles. The van der Waals surface area contributed by atoms with Crippen LogP contribution in [0.5, 0.6) is 0 Å². The minimum atomic E-state index is -1.05. The quantitative estimate of drug-likeness (QED) is 0.650. The Kier molecular flexibility index (Phi) is 7.11. The summed E-state index contributed by atoms with van der Waals surface area (Å²) in [6.45, 7) is 0.311. The molecule has 2 heterocycles. The number of nitrogens with zero attached hydrogens (tertiary/aromatic N) is 2. The zero-order valence-electron chi connectivity index (χ0n) is 17.0. The Morgan fingerprint density at radius 3 is 2.81 bits per heavy atom. The molecule has 0 radical (unpaired) electrons. The summed E-state index contributed by atoms with van der Waals surface area (Å²) in [6.07, 6.45) is 1.98. The summed E-state index contributed by atoms with van der Waals surface area (Å²) in [7, 11) is 2.43. The molecule has 1 aromatic heterocycles. The molecule has 3 rings (SSSR count). The standard InChI is InChI=1S/C20H22ClFN4O5/c1-30-16(27)6-5-15(19(28)31-2)25-20(29)26-8-7-14-17(24-10-23-14)18(26)11-3-4-13(22)12(21)9-11/h3-4,9-10,15,18H,5-8H2,1-2H3,(H,23,24)(H,25,29)/t15-,18?/m1/s1. The monoisotopic (exact) mass is 452 g/mol. The van der Waals surface area contributed by atoms with Crippen molar-refractivity contribution in [2.75, 3.05) is 20.8 Å². The van der Waals surface area contributed by atoms with Gasteiger partial charge in [0.25, 0.3) is 0 Å². The van der Waals surface area contributed by atoms with Crippen molar-refractivity contribution >= 4 is 29.6 Å². The molecule has 1 unspecified atom stereocenters. The Morgan fingerprint density at radius 1 is 1.35 bits per heavy atom. The zero-order valence-corrected chi connectivity index (χ0v) is 17.7. The number of amides is 2. The Bertz CT molecular complexity index is 982. The van der Waals surface area contributed by atoms with Crippen LogP contribution in [-0.2, 0) is 25.5 Å². The average molecular weight is 453 g/mol. The molecule has 9 nitrogen and oxygen atoms in total. The third kappa shape index (κ3) is 4.96. The minimum absolute atomic E-state index is 0.0135. The van der Waals surface area contributed by atoms with Crippen molar-refractivity contribution < 1.29 is 28.2 Å². The number of imidazole rings is 1. The van der Waals surface area contributed by atoms with Crippen LogP contribution in [0.3, 0.4) is 0 Å². The van der Waals surface area contributed by atoms with Crippen LogP contribution in [0.25, 0.3) is 0 Å². The number of aromatic amines is 1. The van der Waals surface area contributed by atoms with Gasteiger partial charge in [0.1, 0.15) is 17.9 Å². The number of nitrogens with one attached hydrogen (secondary N) is 2. The Hall–Kier alpha value is -3.14. The van der Waals surface area contributed by atoms with E-state index in [2.05, 4.69) is 20.0 Å². The second-order valence-electron chi connectivity index (χ2n) is 6.93. The number of hydrogen-bond acceptors (Lipinski definition) is 6. The number of carbonyl (C=O) groups is 3. The van der Waals surface area contributed by atoms with Crippen LogP contribution in [0, 0.1) is 5.82 Å². The minimum Gasteiger partial charge on any atom is -0.469 e. The number of hydrogen-bond donors (Lipinski definition) is 2. The first-order chi connectivity index (χ1) is 14.8. The first-order valence-electron chi connectivity index (χ1n) is 9.54. The van der Waals surface area contributed by atoms with Crippen molar-refractivity contribution in [1.29, 1.82) is 0 Å². The lowest BCUT2D eigenvalue weighted by Gasteiger charge is -2.36. The molecule has 0 saturated carbocycles. The van der Waals surface area contributed by atoms with Gasteiger partial charge in [-0.15, -0.1) is 0 Å². The molecule has 31 heavy (non-hydrogen) atoms. The van der Waals surface area contributed by atoms with Gasteiger partial charge >= 0.3 is 18.0 Å². The van der Waals surface area contributed by atoms with E-state index in [4.69, 9.17) is 16.3 Å². The first-order valence-corrected chi connectivity index (χ1v) is 9.92. The van der Waals surface area contributed by atoms with Crippen LogP contribution in [0.4, 0.5) is 9.18 Å². The topological polar surface area (TPSA) is 114 Å². The normalized spacial score (nSPS) is 16.3. The molecule has 2 amide bonds. The lowest BCUT2D eigenvalue weighted by atomic mass is 9.96. The van der Waals surface area contributed by atoms with Crippen LogP contribution in [0.2, 0.25) is 5.02 Å². The number of urea groups is 1. The second kappa shape index (κ2) is 9.78. The molecule has 1 aliphatic heterocycles.